The molecule has 0 aliphatic rings. The first kappa shape index (κ1) is 115. The number of carbonyl (C=O) groups excluding carboxylic acids is 5. The number of nitrogens with two attached hydrogens (primary N) is 1. The molecule has 0 bridgehead atoms. The summed E-state index contributed by atoms with van der Waals surface area (Å²) in [5, 5.41) is 4.37. The Balaban J connectivity index is 0.000000259. The molecule has 0 radical (unpaired) electrons. The third kappa shape index (κ3) is 40.2. The van der Waals surface area contributed by atoms with E-state index >= 15 is 0 Å². The maximum absolute atomic E-state index is 13.0. The minimum absolute atomic E-state index is 0.00312. The number of benzene rings is 3. The quantitative estimate of drug-likeness (QED) is 0.00380. The average molecular weight is 2060 g/mol. The van der Waals surface area contributed by atoms with Crippen molar-refractivity contribution in [2.75, 3.05) is 69.2 Å². The van der Waals surface area contributed by atoms with Gasteiger partial charge in [-0.3, -0.25) is 28.8 Å². The number of ketones is 1. The number of anilines is 3. The molecule has 10 aromatic heterocycles. The fourth-order valence-corrected chi connectivity index (χ4v) is 10.4. The Labute approximate surface area is 800 Å². The summed E-state index contributed by atoms with van der Waals surface area (Å²) in [4.78, 5) is 152. The molecule has 0 aliphatic carbocycles. The molecular formula is C84H84Cl2F15N23O18. The van der Waals surface area contributed by atoms with Gasteiger partial charge in [-0.05, 0) is 122 Å². The molecule has 0 aliphatic heterocycles. The SMILES string of the molecule is CCOC(=O)C(OCC)OCC.CCOC(=O)CC(=O)C(OCC)OCC.CCOC(OCC)c1cc(=O)[nH]cn1.FC(F)(F)c1cnc(-c2cc(Cl)ncn2)[nH]1.Nc1ccc(Oc2cc(-c3ncc(C(F)(F)F)[nH]3)ncn2)cc1.O=C(Nc1ccc(Oc2cc(-c3ncc(C(F)(F)F)[nH]3)ncn2)cc1)Nc1ccc(Cl)c(C(F)(F)F)c1.O=Cc1cc(=O)[nH]cn1.O=c1cc(-c2ncc(C(F)(F)F)[nH]2)nc[nH]1. The molecule has 762 valence electrons. The fourth-order valence-electron chi connectivity index (χ4n) is 10.0. The molecular weight excluding hydrogens is 1970 g/mol. The van der Waals surface area contributed by atoms with Gasteiger partial charge in [0, 0.05) is 93.1 Å². The standard InChI is InChI=1S/C22H13ClF6N6O2.C14H10F3N5O.C10H18O5.C9H14N2O3.C8H4ClF3N4.C8H5F3N4O.C8H16O4.C5H4N2O2/c23-15-6-3-12(7-14(15)21(24,25)26)34-20(36)33-11-1-4-13(5-2-11)37-18-8-16(31-10-32-18)19-30-9-17(35-19)22(27,28)29;15-14(16,17)11-6-19-13(22-11)10-5-12(21-7-20-10)23-9-3-1-8(18)2-4-9;1-4-13-9(12)7-8(11)10(14-5-2)15-6-3;1-3-13-9(14-4-2)7-5-8(12)11-6-10-7;9-6-1-4(14-3-15-6)7-13-2-5(16-7)8(10,11)12;9-8(10,11)5-2-12-7(15-5)4-1-6(16)14-3-13-4;1-4-10-7(9)8(11-5-2)12-6-3;8-2-4-1-5(9)7-3-6-4/h1-10H,(H,30,35)(H2,33,34,36);1-7H,18H2,(H,19,22);10H,4-7H2,1-3H3;5-6,9H,3-4H2,1-2H3,(H,10,11,12);1-3H,(H,13,16);1-3H,(H,12,15)(H,13,14,16);8H,4-6H2,1-3H3;1-3H,(H,6,7,9). The van der Waals surface area contributed by atoms with Crippen molar-refractivity contribution in [3.8, 4) is 69.3 Å². The number of hydrogen-bond acceptors (Lipinski definition) is 32. The number of esters is 2. The second-order valence-corrected chi connectivity index (χ2v) is 27.2. The summed E-state index contributed by atoms with van der Waals surface area (Å²) < 4.78 is 240. The number of urea groups is 1. The molecule has 11 N–H and O–H groups in total. The predicted molar refractivity (Wildman–Crippen MR) is 471 cm³/mol. The number of nitrogens with one attached hydrogen (secondary N) is 9. The lowest BCUT2D eigenvalue weighted by atomic mass is 10.2. The van der Waals surface area contributed by atoms with Crippen LogP contribution in [0.3, 0.4) is 0 Å². The number of Topliss-reactive ketones (excluding diaryl/α,β-unsaturated/α-hetero) is 1. The van der Waals surface area contributed by atoms with Gasteiger partial charge in [0.15, 0.2) is 35.4 Å². The van der Waals surface area contributed by atoms with Gasteiger partial charge in [-0.2, -0.15) is 65.9 Å². The van der Waals surface area contributed by atoms with E-state index in [1.54, 1.807) is 65.8 Å². The van der Waals surface area contributed by atoms with Crippen molar-refractivity contribution in [2.24, 2.45) is 0 Å². The van der Waals surface area contributed by atoms with Crippen LogP contribution in [0.2, 0.25) is 10.2 Å². The van der Waals surface area contributed by atoms with Crippen molar-refractivity contribution in [2.45, 2.75) is 112 Å². The number of aldehydes is 1. The minimum Gasteiger partial charge on any atom is -0.466 e. The first-order valence-corrected chi connectivity index (χ1v) is 41.5. The van der Waals surface area contributed by atoms with Crippen molar-refractivity contribution in [1.29, 1.82) is 0 Å². The zero-order valence-corrected chi connectivity index (χ0v) is 76.4. The van der Waals surface area contributed by atoms with Gasteiger partial charge in [0.2, 0.25) is 24.3 Å². The lowest BCUT2D eigenvalue weighted by Gasteiger charge is -2.15. The number of rotatable bonds is 30. The molecule has 3 aromatic carbocycles. The van der Waals surface area contributed by atoms with Crippen molar-refractivity contribution < 1.29 is 137 Å². The number of aromatic amines is 7. The molecule has 0 saturated heterocycles. The van der Waals surface area contributed by atoms with Gasteiger partial charge in [0.25, 0.3) is 23.0 Å². The number of amides is 2. The Morgan fingerprint density at radius 3 is 1.18 bits per heavy atom. The maximum Gasteiger partial charge on any atom is 0.432 e. The highest BCUT2D eigenvalue weighted by Crippen LogP contribution is 2.38. The number of alkyl halides is 15. The van der Waals surface area contributed by atoms with Gasteiger partial charge in [-0.25, -0.2) is 74.4 Å². The summed E-state index contributed by atoms with van der Waals surface area (Å²) in [7, 11) is 0. The maximum atomic E-state index is 13.0. The van der Waals surface area contributed by atoms with Crippen LogP contribution >= 0.6 is 23.2 Å². The Bertz CT molecular complexity index is 6290. The lowest BCUT2D eigenvalue weighted by molar-refractivity contribution is -0.192. The molecule has 0 saturated carbocycles. The van der Waals surface area contributed by atoms with Crippen LogP contribution in [0.15, 0.2) is 180 Å². The number of carbonyl (C=O) groups is 5. The third-order valence-corrected chi connectivity index (χ3v) is 16.6. The van der Waals surface area contributed by atoms with Crippen LogP contribution in [0.4, 0.5) is 87.7 Å². The molecule has 13 rings (SSSR count). The number of ether oxygens (including phenoxy) is 10. The fraction of sp³-hybridized carbons (Fsp3) is 0.298. The predicted octanol–water partition coefficient (Wildman–Crippen LogP) is 16.3. The topological polar surface area (TPSA) is 557 Å². The van der Waals surface area contributed by atoms with Gasteiger partial charge >= 0.3 is 48.9 Å². The number of H-pyrrole nitrogens is 7. The Morgan fingerprint density at radius 1 is 0.408 bits per heavy atom. The molecule has 0 spiro atoms. The molecule has 0 unspecified atom stereocenters. The van der Waals surface area contributed by atoms with E-state index in [1.807, 2.05) is 18.8 Å². The first-order chi connectivity index (χ1) is 67.2. The van der Waals surface area contributed by atoms with Gasteiger partial charge in [0.1, 0.15) is 99.0 Å². The molecule has 2 amide bonds. The van der Waals surface area contributed by atoms with Gasteiger partial charge in [-0.15, -0.1) is 0 Å². The van der Waals surface area contributed by atoms with Crippen LogP contribution in [0, 0.1) is 0 Å². The summed E-state index contributed by atoms with van der Waals surface area (Å²) in [5.41, 5.74) is 1.50. The zero-order chi connectivity index (χ0) is 105. The molecule has 58 heteroatoms. The van der Waals surface area contributed by atoms with Gasteiger partial charge in [-0.1, -0.05) is 23.2 Å². The Kier molecular flexibility index (Phi) is 46.0. The van der Waals surface area contributed by atoms with Crippen molar-refractivity contribution in [3.05, 3.63) is 247 Å². The second-order valence-electron chi connectivity index (χ2n) is 26.4. The highest BCUT2D eigenvalue weighted by atomic mass is 35.5. The molecule has 0 atom stereocenters. The second kappa shape index (κ2) is 56.6. The third-order valence-electron chi connectivity index (χ3n) is 16.1. The molecule has 10 heterocycles. The van der Waals surface area contributed by atoms with Crippen molar-refractivity contribution in [3.63, 3.8) is 0 Å². The van der Waals surface area contributed by atoms with E-state index in [0.717, 1.165) is 37.2 Å². The van der Waals surface area contributed by atoms with Crippen LogP contribution in [-0.4, -0.2) is 195 Å². The van der Waals surface area contributed by atoms with Crippen LogP contribution < -0.4 is 42.5 Å². The largest absolute Gasteiger partial charge is 0.466 e. The van der Waals surface area contributed by atoms with Crippen molar-refractivity contribution >= 4 is 70.3 Å². The summed E-state index contributed by atoms with van der Waals surface area (Å²) >= 11 is 11.1. The molecule has 41 nitrogen and oxygen atoms in total. The van der Waals surface area contributed by atoms with E-state index in [1.165, 1.54) is 73.6 Å². The number of nitrogen functional groups attached to an aromatic ring is 1. The van der Waals surface area contributed by atoms with Crippen LogP contribution in [0.25, 0.3) is 46.1 Å². The van der Waals surface area contributed by atoms with E-state index < -0.39 is 112 Å². The monoisotopic (exact) mass is 2060 g/mol. The highest BCUT2D eigenvalue weighted by molar-refractivity contribution is 6.31. The van der Waals surface area contributed by atoms with E-state index in [4.69, 9.17) is 71.6 Å². The summed E-state index contributed by atoms with van der Waals surface area (Å²) in [5.74, 6) is -0.741. The summed E-state index contributed by atoms with van der Waals surface area (Å²) in [6.45, 7) is 17.5. The van der Waals surface area contributed by atoms with E-state index in [-0.39, 0.29) is 110 Å². The first-order valence-electron chi connectivity index (χ1n) is 40.8. The molecule has 142 heavy (non-hydrogen) atoms. The lowest BCUT2D eigenvalue weighted by Crippen LogP contribution is -2.29. The number of nitrogens with zero attached hydrogens (tertiary/aromatic N) is 13. The van der Waals surface area contributed by atoms with E-state index in [9.17, 15) is 104 Å². The number of imidazole rings is 4. The number of halogens is 17. The van der Waals surface area contributed by atoms with Crippen molar-refractivity contribution in [1.82, 2.24) is 99.7 Å². The van der Waals surface area contributed by atoms with Gasteiger partial charge < -0.3 is 98.6 Å². The zero-order valence-electron chi connectivity index (χ0n) is 74.9. The smallest absolute Gasteiger partial charge is 0.432 e. The van der Waals surface area contributed by atoms with Crippen LogP contribution in [0.5, 0.6) is 23.3 Å². The Morgan fingerprint density at radius 2 is 0.796 bits per heavy atom. The van der Waals surface area contributed by atoms with Gasteiger partial charge in [0.05, 0.1) is 67.6 Å². The number of hydrogen-bond donors (Lipinski definition) is 10. The van der Waals surface area contributed by atoms with E-state index in [2.05, 4.69) is 110 Å². The van der Waals surface area contributed by atoms with E-state index in [0.29, 0.717) is 101 Å². The van der Waals surface area contributed by atoms with Crippen LogP contribution in [0.1, 0.15) is 113 Å². The highest BCUT2D eigenvalue weighted by Gasteiger charge is 2.38. The summed E-state index contributed by atoms with van der Waals surface area (Å²) in [6.07, 6.45) is -15.2. The summed E-state index contributed by atoms with van der Waals surface area (Å²) in [6, 6.07) is 22.1. The average Bonchev–Trinajstić information content (AvgIpc) is 1.45. The number of aromatic nitrogens is 20. The molecule has 13 aromatic rings. The minimum atomic E-state index is -4.69. The Hall–Kier alpha value is -15.4. The molecule has 0 fully saturated rings. The van der Waals surface area contributed by atoms with Crippen LogP contribution in [-0.2, 0) is 83.2 Å². The normalized spacial score (nSPS) is 11.2.